The molecule has 1 aliphatic rings. The third-order valence-corrected chi connectivity index (χ3v) is 8.92. The van der Waals surface area contributed by atoms with E-state index in [-0.39, 0.29) is 24.1 Å². The minimum absolute atomic E-state index is 0.106. The molecule has 0 amide bonds. The van der Waals surface area contributed by atoms with Crippen LogP contribution in [-0.2, 0) is 19.5 Å². The minimum Gasteiger partial charge on any atom is -0.472 e. The first-order chi connectivity index (χ1) is 15.5. The zero-order valence-electron chi connectivity index (χ0n) is 19.2. The number of hydrogen-bond donors (Lipinski definition) is 0. The highest BCUT2D eigenvalue weighted by Gasteiger charge is 2.58. The van der Waals surface area contributed by atoms with Crippen molar-refractivity contribution in [3.63, 3.8) is 0 Å². The fourth-order valence-corrected chi connectivity index (χ4v) is 6.04. The van der Waals surface area contributed by atoms with E-state index in [4.69, 9.17) is 4.74 Å². The van der Waals surface area contributed by atoms with Gasteiger partial charge in [-0.3, -0.25) is 0 Å². The molecule has 172 valence electrons. The molecular weight excluding hydrogens is 437 g/mol. The summed E-state index contributed by atoms with van der Waals surface area (Å²) in [5, 5.41) is 0. The Morgan fingerprint density at radius 3 is 2.06 bits per heavy atom. The van der Waals surface area contributed by atoms with Crippen LogP contribution < -0.4 is 0 Å². The maximum absolute atomic E-state index is 14.2. The van der Waals surface area contributed by atoms with Crippen molar-refractivity contribution in [1.29, 1.82) is 0 Å². The van der Waals surface area contributed by atoms with Crippen molar-refractivity contribution in [1.82, 2.24) is 0 Å². The van der Waals surface area contributed by atoms with Crippen LogP contribution in [-0.4, -0.2) is 19.9 Å². The third kappa shape index (κ3) is 4.08. The average Bonchev–Trinajstić information content (AvgIpc) is 2.78. The van der Waals surface area contributed by atoms with E-state index in [2.05, 4.69) is 4.40 Å². The monoisotopic (exact) mass is 465 g/mol. The van der Waals surface area contributed by atoms with Crippen LogP contribution in [0.3, 0.4) is 0 Å². The Kier molecular flexibility index (Phi) is 5.91. The molecule has 0 saturated carbocycles. The number of hydrogen-bond acceptors (Lipinski definition) is 3. The molecule has 2 atom stereocenters. The molecule has 0 fully saturated rings. The molecular formula is C27H28FNO3S. The normalized spacial score (nSPS) is 22.2. The van der Waals surface area contributed by atoms with E-state index in [1.54, 1.807) is 39.0 Å². The van der Waals surface area contributed by atoms with Gasteiger partial charge in [0.2, 0.25) is 5.90 Å². The standard InChI is InChI=1S/C27H28FNO3S/c1-19(23-12-8-9-13-24(23)28)18-25-29-33(30,31)27(4,26(2,3)32-25)22-16-14-21(15-17-22)20-10-6-5-7-11-20/h5-17,19H,18H2,1-4H3/t19-,27?/m1/s1. The number of nitrogens with zero attached hydrogens (tertiary/aromatic N) is 1. The number of ether oxygens (including phenoxy) is 1. The number of sulfonamides is 1. The molecule has 6 heteroatoms. The van der Waals surface area contributed by atoms with Gasteiger partial charge in [-0.25, -0.2) is 12.8 Å². The smallest absolute Gasteiger partial charge is 0.269 e. The zero-order chi connectivity index (χ0) is 23.9. The van der Waals surface area contributed by atoms with Crippen molar-refractivity contribution in [3.05, 3.63) is 95.8 Å². The van der Waals surface area contributed by atoms with E-state index < -0.39 is 20.4 Å². The molecule has 1 heterocycles. The second-order valence-electron chi connectivity index (χ2n) is 9.18. The maximum Gasteiger partial charge on any atom is 0.269 e. The Bertz CT molecular complexity index is 1280. The van der Waals surface area contributed by atoms with Gasteiger partial charge < -0.3 is 4.74 Å². The minimum atomic E-state index is -3.98. The highest BCUT2D eigenvalue weighted by atomic mass is 32.2. The Hall–Kier alpha value is -2.99. The second kappa shape index (κ2) is 8.41. The molecule has 33 heavy (non-hydrogen) atoms. The van der Waals surface area contributed by atoms with Gasteiger partial charge in [-0.1, -0.05) is 79.7 Å². The Labute approximate surface area is 195 Å². The van der Waals surface area contributed by atoms with Gasteiger partial charge in [0.05, 0.1) is 0 Å². The lowest BCUT2D eigenvalue weighted by molar-refractivity contribution is 0.0427. The van der Waals surface area contributed by atoms with Crippen LogP contribution in [0.4, 0.5) is 4.39 Å². The average molecular weight is 466 g/mol. The van der Waals surface area contributed by atoms with E-state index in [0.29, 0.717) is 11.1 Å². The molecule has 0 aliphatic carbocycles. The van der Waals surface area contributed by atoms with Crippen molar-refractivity contribution in [2.75, 3.05) is 0 Å². The van der Waals surface area contributed by atoms with Crippen molar-refractivity contribution in [3.8, 4) is 11.1 Å². The summed E-state index contributed by atoms with van der Waals surface area (Å²) in [4.78, 5) is 0. The Morgan fingerprint density at radius 1 is 0.879 bits per heavy atom. The predicted molar refractivity (Wildman–Crippen MR) is 130 cm³/mol. The second-order valence-corrected chi connectivity index (χ2v) is 11.1. The summed E-state index contributed by atoms with van der Waals surface area (Å²) in [6.07, 6.45) is 0.187. The van der Waals surface area contributed by atoms with Gasteiger partial charge in [-0.05, 0) is 55.0 Å². The molecule has 4 nitrogen and oxygen atoms in total. The van der Waals surface area contributed by atoms with Crippen LogP contribution in [0.25, 0.3) is 11.1 Å². The maximum atomic E-state index is 14.2. The molecule has 0 N–H and O–H groups in total. The number of halogens is 1. The fourth-order valence-electron chi connectivity index (χ4n) is 4.38. The van der Waals surface area contributed by atoms with Crippen LogP contribution in [0.1, 0.15) is 51.2 Å². The molecule has 3 aromatic rings. The Balaban J connectivity index is 1.67. The number of benzene rings is 3. The fraction of sp³-hybridized carbons (Fsp3) is 0.296. The summed E-state index contributed by atoms with van der Waals surface area (Å²) in [5.74, 6) is -0.508. The van der Waals surface area contributed by atoms with Gasteiger partial charge >= 0.3 is 0 Å². The lowest BCUT2D eigenvalue weighted by Gasteiger charge is -2.45. The van der Waals surface area contributed by atoms with Gasteiger partial charge in [0.25, 0.3) is 10.0 Å². The molecule has 1 aliphatic heterocycles. The highest BCUT2D eigenvalue weighted by Crippen LogP contribution is 2.47. The highest BCUT2D eigenvalue weighted by molar-refractivity contribution is 7.91. The van der Waals surface area contributed by atoms with Gasteiger partial charge in [0.15, 0.2) is 4.75 Å². The van der Waals surface area contributed by atoms with Crippen LogP contribution in [0.2, 0.25) is 0 Å². The van der Waals surface area contributed by atoms with Crippen molar-refractivity contribution < 1.29 is 17.5 Å². The zero-order valence-corrected chi connectivity index (χ0v) is 20.1. The van der Waals surface area contributed by atoms with Gasteiger partial charge in [-0.15, -0.1) is 4.40 Å². The summed E-state index contributed by atoms with van der Waals surface area (Å²) in [5.41, 5.74) is 2.07. The van der Waals surface area contributed by atoms with E-state index in [0.717, 1.165) is 11.1 Å². The summed E-state index contributed by atoms with van der Waals surface area (Å²) in [7, 11) is -3.98. The lowest BCUT2D eigenvalue weighted by Crippen LogP contribution is -2.55. The van der Waals surface area contributed by atoms with Crippen LogP contribution in [0, 0.1) is 5.82 Å². The molecule has 0 bridgehead atoms. The van der Waals surface area contributed by atoms with Crippen molar-refractivity contribution in [2.24, 2.45) is 4.40 Å². The molecule has 4 rings (SSSR count). The van der Waals surface area contributed by atoms with Crippen molar-refractivity contribution in [2.45, 2.75) is 50.4 Å². The topological polar surface area (TPSA) is 55.7 Å². The van der Waals surface area contributed by atoms with E-state index in [9.17, 15) is 12.8 Å². The number of rotatable bonds is 5. The molecule has 3 aromatic carbocycles. The largest absolute Gasteiger partial charge is 0.472 e. The third-order valence-electron chi connectivity index (χ3n) is 6.72. The Morgan fingerprint density at radius 2 is 1.45 bits per heavy atom. The first-order valence-corrected chi connectivity index (χ1v) is 12.4. The molecule has 1 unspecified atom stereocenters. The van der Waals surface area contributed by atoms with Gasteiger partial charge in [-0.2, -0.15) is 0 Å². The first-order valence-electron chi connectivity index (χ1n) is 11.0. The van der Waals surface area contributed by atoms with E-state index in [1.807, 2.05) is 61.5 Å². The molecule has 0 spiro atoms. The summed E-state index contributed by atoms with van der Waals surface area (Å²) in [6.45, 7) is 7.01. The van der Waals surface area contributed by atoms with Crippen LogP contribution in [0.15, 0.2) is 83.3 Å². The lowest BCUT2D eigenvalue weighted by atomic mass is 9.84. The first kappa shape index (κ1) is 23.2. The van der Waals surface area contributed by atoms with Crippen LogP contribution >= 0.6 is 0 Å². The van der Waals surface area contributed by atoms with Crippen LogP contribution in [0.5, 0.6) is 0 Å². The summed E-state index contributed by atoms with van der Waals surface area (Å²) < 4.78 is 50.1. The quantitative estimate of drug-likeness (QED) is 0.436. The van der Waals surface area contributed by atoms with Gasteiger partial charge in [0, 0.05) is 6.42 Å². The summed E-state index contributed by atoms with van der Waals surface area (Å²) >= 11 is 0. The predicted octanol–water partition coefficient (Wildman–Crippen LogP) is 6.44. The molecule has 0 aromatic heterocycles. The summed E-state index contributed by atoms with van der Waals surface area (Å²) in [6, 6.07) is 23.9. The van der Waals surface area contributed by atoms with Crippen molar-refractivity contribution >= 4 is 15.9 Å². The molecule has 0 radical (unpaired) electrons. The van der Waals surface area contributed by atoms with E-state index >= 15 is 0 Å². The van der Waals surface area contributed by atoms with Gasteiger partial charge in [0.1, 0.15) is 11.4 Å². The van der Waals surface area contributed by atoms with E-state index in [1.165, 1.54) is 6.07 Å². The SMILES string of the molecule is C[C@H](CC1=NS(=O)(=O)C(C)(c2ccc(-c3ccccc3)cc2)C(C)(C)O1)c1ccccc1F. The molecule has 0 saturated heterocycles.